The maximum Gasteiger partial charge on any atom is 0.318 e. The lowest BCUT2D eigenvalue weighted by Crippen LogP contribution is -2.29. The van der Waals surface area contributed by atoms with E-state index in [1.807, 2.05) is 43.3 Å². The number of esters is 1. The smallest absolute Gasteiger partial charge is 0.318 e. The number of carbonyl (C=O) groups excluding carboxylic acids is 1. The van der Waals surface area contributed by atoms with Crippen LogP contribution in [0.4, 0.5) is 0 Å². The number of aryl methyl sites for hydroxylation is 1. The van der Waals surface area contributed by atoms with Gasteiger partial charge < -0.3 is 9.47 Å². The molecular weight excluding hydrogens is 326 g/mol. The first-order chi connectivity index (χ1) is 12.4. The van der Waals surface area contributed by atoms with Crippen molar-refractivity contribution in [2.45, 2.75) is 19.8 Å². The Balaban J connectivity index is 1.89. The van der Waals surface area contributed by atoms with Gasteiger partial charge in [0.25, 0.3) is 0 Å². The molecule has 2 aromatic carbocycles. The summed E-state index contributed by atoms with van der Waals surface area (Å²) in [6, 6.07) is 11.7. The normalized spacial score (nSPS) is 12.0. The molecule has 0 saturated carbocycles. The zero-order valence-electron chi connectivity index (χ0n) is 15.2. The first kappa shape index (κ1) is 17.7. The van der Waals surface area contributed by atoms with Crippen LogP contribution in [0.1, 0.15) is 24.1 Å². The fraction of sp³-hybridized carbons (Fsp3) is 0.182. The summed E-state index contributed by atoms with van der Waals surface area (Å²) in [5, 5.41) is 3.33. The highest BCUT2D eigenvalue weighted by Crippen LogP contribution is 2.26. The maximum atomic E-state index is 12.6. The molecule has 0 bridgehead atoms. The minimum absolute atomic E-state index is 0.349. The Morgan fingerprint density at radius 1 is 1.12 bits per heavy atom. The van der Waals surface area contributed by atoms with Crippen molar-refractivity contribution in [2.24, 2.45) is 0 Å². The molecule has 26 heavy (non-hydrogen) atoms. The molecule has 0 spiro atoms. The topological polar surface area (TPSA) is 48.4 Å². The summed E-state index contributed by atoms with van der Waals surface area (Å²) < 4.78 is 10.8. The van der Waals surface area contributed by atoms with Gasteiger partial charge in [-0.05, 0) is 47.5 Å². The number of hydrogen-bond acceptors (Lipinski definition) is 4. The average molecular weight is 347 g/mol. The molecule has 0 aliphatic carbocycles. The number of methoxy groups -OCH3 is 1. The third kappa shape index (κ3) is 3.31. The van der Waals surface area contributed by atoms with Crippen LogP contribution < -0.4 is 19.9 Å². The highest BCUT2D eigenvalue weighted by Gasteiger charge is 2.19. The monoisotopic (exact) mass is 347 g/mol. The van der Waals surface area contributed by atoms with E-state index in [9.17, 15) is 4.79 Å². The van der Waals surface area contributed by atoms with Crippen molar-refractivity contribution >= 4 is 29.9 Å². The Hall–Kier alpha value is -3.14. The van der Waals surface area contributed by atoms with Crippen molar-refractivity contribution in [3.63, 3.8) is 0 Å². The van der Waals surface area contributed by atoms with Gasteiger partial charge in [-0.3, -0.25) is 9.78 Å². The molecule has 0 N–H and O–H groups in total. The first-order valence-corrected chi connectivity index (χ1v) is 8.33. The predicted molar refractivity (Wildman–Crippen MR) is 104 cm³/mol. The van der Waals surface area contributed by atoms with Crippen LogP contribution in [0.3, 0.4) is 0 Å². The Labute approximate surface area is 152 Å². The van der Waals surface area contributed by atoms with Crippen LogP contribution in [-0.2, 0) is 4.79 Å². The van der Waals surface area contributed by atoms with E-state index in [4.69, 9.17) is 9.47 Å². The number of carbonyl (C=O) groups is 1. The Kier molecular flexibility index (Phi) is 4.76. The number of pyridine rings is 1. The highest BCUT2D eigenvalue weighted by molar-refractivity contribution is 5.87. The number of hydrogen-bond donors (Lipinski definition) is 0. The van der Waals surface area contributed by atoms with Crippen LogP contribution in [0.25, 0.3) is 23.9 Å². The molecule has 1 atom stereocenters. The van der Waals surface area contributed by atoms with Gasteiger partial charge in [-0.25, -0.2) is 0 Å². The third-order valence-corrected chi connectivity index (χ3v) is 4.53. The SMILES string of the molecule is C=c1cnc(C)c(OC(=O)[C@@H](C)c2ccc3cc(OC)ccc3c2)c1=C. The predicted octanol–water partition coefficient (Wildman–Crippen LogP) is 3.08. The molecule has 1 aromatic heterocycles. The van der Waals surface area contributed by atoms with E-state index < -0.39 is 5.92 Å². The summed E-state index contributed by atoms with van der Waals surface area (Å²) in [7, 11) is 1.64. The summed E-state index contributed by atoms with van der Waals surface area (Å²) in [5.41, 5.74) is 1.50. The number of aromatic nitrogens is 1. The lowest BCUT2D eigenvalue weighted by Gasteiger charge is -2.14. The molecule has 0 aliphatic heterocycles. The molecule has 3 aromatic rings. The maximum absolute atomic E-state index is 12.6. The van der Waals surface area contributed by atoms with Gasteiger partial charge >= 0.3 is 5.97 Å². The Bertz CT molecular complexity index is 1090. The Morgan fingerprint density at radius 3 is 2.54 bits per heavy atom. The molecule has 0 fully saturated rings. The molecule has 0 unspecified atom stereocenters. The molecule has 4 heteroatoms. The van der Waals surface area contributed by atoms with Crippen molar-refractivity contribution in [3.8, 4) is 11.5 Å². The minimum atomic E-state index is -0.422. The van der Waals surface area contributed by atoms with E-state index in [1.54, 1.807) is 20.2 Å². The first-order valence-electron chi connectivity index (χ1n) is 8.33. The number of ether oxygens (including phenoxy) is 2. The third-order valence-electron chi connectivity index (χ3n) is 4.53. The summed E-state index contributed by atoms with van der Waals surface area (Å²) >= 11 is 0. The molecule has 4 nitrogen and oxygen atoms in total. The van der Waals surface area contributed by atoms with Crippen molar-refractivity contribution in [3.05, 3.63) is 64.3 Å². The number of fused-ring (bicyclic) bond motifs is 1. The zero-order chi connectivity index (χ0) is 18.8. The molecule has 0 aliphatic rings. The fourth-order valence-electron chi connectivity index (χ4n) is 2.77. The summed E-state index contributed by atoms with van der Waals surface area (Å²) in [6.45, 7) is 11.4. The summed E-state index contributed by atoms with van der Waals surface area (Å²) in [5.74, 6) is 0.420. The molecule has 3 rings (SSSR count). The van der Waals surface area contributed by atoms with E-state index in [0.29, 0.717) is 21.9 Å². The van der Waals surface area contributed by atoms with Gasteiger partial charge in [-0.2, -0.15) is 0 Å². The Morgan fingerprint density at radius 2 is 1.81 bits per heavy atom. The lowest BCUT2D eigenvalue weighted by atomic mass is 9.98. The van der Waals surface area contributed by atoms with E-state index in [1.165, 1.54) is 0 Å². The minimum Gasteiger partial charge on any atom is -0.497 e. The zero-order valence-corrected chi connectivity index (χ0v) is 15.2. The molecule has 0 saturated heterocycles. The second kappa shape index (κ2) is 7.00. The van der Waals surface area contributed by atoms with Crippen LogP contribution in [0.5, 0.6) is 11.5 Å². The van der Waals surface area contributed by atoms with Crippen LogP contribution in [-0.4, -0.2) is 18.1 Å². The van der Waals surface area contributed by atoms with Gasteiger partial charge in [0.05, 0.1) is 18.7 Å². The lowest BCUT2D eigenvalue weighted by molar-refractivity contribution is -0.135. The standard InChI is InChI=1S/C22H21NO3/c1-13-12-23-16(4)21(14(13)2)26-22(24)15(3)17-6-7-19-11-20(25-5)9-8-18(19)10-17/h6-12,15H,1-2H2,3-5H3/t15-/m0/s1. The number of nitrogens with zero attached hydrogens (tertiary/aromatic N) is 1. The van der Waals surface area contributed by atoms with Gasteiger partial charge in [0.2, 0.25) is 0 Å². The van der Waals surface area contributed by atoms with Crippen LogP contribution in [0, 0.1) is 6.92 Å². The van der Waals surface area contributed by atoms with Gasteiger partial charge in [-0.15, -0.1) is 0 Å². The van der Waals surface area contributed by atoms with Crippen molar-refractivity contribution in [1.29, 1.82) is 0 Å². The van der Waals surface area contributed by atoms with E-state index in [2.05, 4.69) is 18.1 Å². The van der Waals surface area contributed by atoms with Gasteiger partial charge in [0, 0.05) is 11.4 Å². The molecule has 0 radical (unpaired) electrons. The molecular formula is C22H21NO3. The molecule has 0 amide bonds. The van der Waals surface area contributed by atoms with Crippen molar-refractivity contribution < 1.29 is 14.3 Å². The van der Waals surface area contributed by atoms with E-state index >= 15 is 0 Å². The van der Waals surface area contributed by atoms with Gasteiger partial charge in [0.1, 0.15) is 5.75 Å². The second-order valence-electron chi connectivity index (χ2n) is 6.29. The average Bonchev–Trinajstić information content (AvgIpc) is 2.66. The quantitative estimate of drug-likeness (QED) is 0.681. The number of rotatable bonds is 4. The number of benzene rings is 2. The fourth-order valence-corrected chi connectivity index (χ4v) is 2.77. The van der Waals surface area contributed by atoms with Crippen LogP contribution >= 0.6 is 0 Å². The van der Waals surface area contributed by atoms with Gasteiger partial charge in [0.15, 0.2) is 5.75 Å². The highest BCUT2D eigenvalue weighted by atomic mass is 16.5. The van der Waals surface area contributed by atoms with Crippen LogP contribution in [0.15, 0.2) is 42.6 Å². The van der Waals surface area contributed by atoms with Crippen molar-refractivity contribution in [1.82, 2.24) is 4.98 Å². The van der Waals surface area contributed by atoms with Crippen molar-refractivity contribution in [2.75, 3.05) is 7.11 Å². The molecule has 1 heterocycles. The summed E-state index contributed by atoms with van der Waals surface area (Å²) in [6.07, 6.45) is 1.62. The van der Waals surface area contributed by atoms with Gasteiger partial charge in [-0.1, -0.05) is 37.4 Å². The summed E-state index contributed by atoms with van der Waals surface area (Å²) in [4.78, 5) is 16.8. The van der Waals surface area contributed by atoms with Crippen LogP contribution in [0.2, 0.25) is 0 Å². The largest absolute Gasteiger partial charge is 0.497 e. The van der Waals surface area contributed by atoms with E-state index in [-0.39, 0.29) is 5.97 Å². The second-order valence-corrected chi connectivity index (χ2v) is 6.29. The van der Waals surface area contributed by atoms with E-state index in [0.717, 1.165) is 22.1 Å². The molecule has 132 valence electrons.